The van der Waals surface area contributed by atoms with E-state index in [0.29, 0.717) is 0 Å². The van der Waals surface area contributed by atoms with Gasteiger partial charge in [-0.3, -0.25) is 4.99 Å². The van der Waals surface area contributed by atoms with Gasteiger partial charge in [-0.1, -0.05) is 0 Å². The molecule has 0 unspecified atom stereocenters. The average molecular weight is 101 g/mol. The zero-order valence-corrected chi connectivity index (χ0v) is 4.97. The molecule has 0 radical (unpaired) electrons. The number of hydrogen-bond acceptors (Lipinski definition) is 2. The number of aliphatic imine (C=N–C) groups is 1. The van der Waals surface area contributed by atoms with E-state index in [9.17, 15) is 0 Å². The third-order valence-electron chi connectivity index (χ3n) is 0.698. The average Bonchev–Trinajstić information content (AvgIpc) is 1.72. The molecule has 0 saturated heterocycles. The van der Waals surface area contributed by atoms with Crippen molar-refractivity contribution in [2.75, 3.05) is 6.54 Å². The number of rotatable bonds is 0. The molecule has 1 heterocycles. The molecule has 3 heteroatoms. The fourth-order valence-electron chi connectivity index (χ4n) is 0.397. The predicted molar refractivity (Wildman–Crippen MR) is 27.8 cm³/mol. The van der Waals surface area contributed by atoms with Crippen LogP contribution in [0.2, 0.25) is 6.04 Å². The predicted octanol–water partition coefficient (Wildman–Crippen LogP) is -0.453. The summed E-state index contributed by atoms with van der Waals surface area (Å²) in [5.74, 6) is 0. The molecule has 0 bridgehead atoms. The molecule has 0 aromatic rings. The van der Waals surface area contributed by atoms with Crippen LogP contribution in [0.25, 0.3) is 0 Å². The zero-order valence-electron chi connectivity index (χ0n) is 3.55. The minimum Gasteiger partial charge on any atom is -0.542 e. The quantitative estimate of drug-likeness (QED) is 0.379. The van der Waals surface area contributed by atoms with E-state index in [0.717, 1.165) is 6.54 Å². The van der Waals surface area contributed by atoms with Crippen molar-refractivity contribution in [2.24, 2.45) is 4.99 Å². The summed E-state index contributed by atoms with van der Waals surface area (Å²) in [7, 11) is -0.141. The highest BCUT2D eigenvalue weighted by atomic mass is 28.2. The van der Waals surface area contributed by atoms with Crippen LogP contribution < -0.4 is 0 Å². The van der Waals surface area contributed by atoms with Crippen LogP contribution in [0, 0.1) is 0 Å². The van der Waals surface area contributed by atoms with Gasteiger partial charge < -0.3 is 4.43 Å². The van der Waals surface area contributed by atoms with Crippen LogP contribution >= 0.6 is 0 Å². The molecule has 0 fully saturated rings. The summed E-state index contributed by atoms with van der Waals surface area (Å²) in [6, 6.07) is 1.22. The molecule has 2 nitrogen and oxygen atoms in total. The lowest BCUT2D eigenvalue weighted by Crippen LogP contribution is -2.03. The zero-order chi connectivity index (χ0) is 4.24. The molecule has 1 rings (SSSR count). The fraction of sp³-hybridized carbons (Fsp3) is 0.667. The normalized spacial score (nSPS) is 24.0. The minimum atomic E-state index is -0.141. The van der Waals surface area contributed by atoms with Crippen molar-refractivity contribution in [1.82, 2.24) is 0 Å². The summed E-state index contributed by atoms with van der Waals surface area (Å²) >= 11 is 0. The van der Waals surface area contributed by atoms with Crippen molar-refractivity contribution >= 4 is 16.2 Å². The number of hydrogen-bond donors (Lipinski definition) is 0. The van der Waals surface area contributed by atoms with E-state index in [1.54, 1.807) is 6.40 Å². The second kappa shape index (κ2) is 1.97. The molecule has 0 atom stereocenters. The van der Waals surface area contributed by atoms with Crippen molar-refractivity contribution in [3.8, 4) is 0 Å². The Balaban J connectivity index is 2.26. The second-order valence-corrected chi connectivity index (χ2v) is 2.68. The molecule has 1 aliphatic rings. The Labute approximate surface area is 39.2 Å². The maximum absolute atomic E-state index is 4.92. The van der Waals surface area contributed by atoms with Crippen LogP contribution in [-0.2, 0) is 4.43 Å². The van der Waals surface area contributed by atoms with E-state index in [4.69, 9.17) is 4.43 Å². The first-order valence-corrected chi connectivity index (χ1v) is 3.68. The van der Waals surface area contributed by atoms with Gasteiger partial charge in [0.1, 0.15) is 0 Å². The lowest BCUT2D eigenvalue weighted by molar-refractivity contribution is 0.594. The molecule has 0 N–H and O–H groups in total. The molecular formula is C3H7NOSi. The Hall–Kier alpha value is -0.313. The molecule has 0 aliphatic carbocycles. The Morgan fingerprint density at radius 3 is 3.00 bits per heavy atom. The van der Waals surface area contributed by atoms with Gasteiger partial charge in [-0.15, -0.1) is 0 Å². The molecule has 34 valence electrons. The van der Waals surface area contributed by atoms with Crippen molar-refractivity contribution in [1.29, 1.82) is 0 Å². The highest BCUT2D eigenvalue weighted by molar-refractivity contribution is 6.30. The molecule has 6 heavy (non-hydrogen) atoms. The van der Waals surface area contributed by atoms with Crippen LogP contribution in [0.4, 0.5) is 0 Å². The fourth-order valence-corrected chi connectivity index (χ4v) is 1.09. The van der Waals surface area contributed by atoms with Crippen LogP contribution in [0.15, 0.2) is 4.99 Å². The summed E-state index contributed by atoms with van der Waals surface area (Å²) in [6.07, 6.45) is 1.58. The highest BCUT2D eigenvalue weighted by Gasteiger charge is 1.89. The van der Waals surface area contributed by atoms with Gasteiger partial charge in [0.25, 0.3) is 0 Å². The molecule has 1 aliphatic heterocycles. The van der Waals surface area contributed by atoms with Gasteiger partial charge >= 0.3 is 0 Å². The maximum atomic E-state index is 4.92. The van der Waals surface area contributed by atoms with Crippen molar-refractivity contribution in [3.05, 3.63) is 0 Å². The van der Waals surface area contributed by atoms with Crippen LogP contribution in [0.5, 0.6) is 0 Å². The van der Waals surface area contributed by atoms with E-state index in [2.05, 4.69) is 4.99 Å². The summed E-state index contributed by atoms with van der Waals surface area (Å²) in [5, 5.41) is 0. The van der Waals surface area contributed by atoms with E-state index in [1.165, 1.54) is 6.04 Å². The van der Waals surface area contributed by atoms with E-state index in [1.807, 2.05) is 0 Å². The summed E-state index contributed by atoms with van der Waals surface area (Å²) in [5.41, 5.74) is 0. The van der Waals surface area contributed by atoms with E-state index >= 15 is 0 Å². The maximum Gasteiger partial charge on any atom is 0.222 e. The van der Waals surface area contributed by atoms with Gasteiger partial charge in [0, 0.05) is 6.54 Å². The third kappa shape index (κ3) is 0.823. The molecule has 0 aromatic carbocycles. The van der Waals surface area contributed by atoms with Gasteiger partial charge in [-0.25, -0.2) is 0 Å². The van der Waals surface area contributed by atoms with E-state index in [-0.39, 0.29) is 9.76 Å². The molecular weight excluding hydrogens is 94.1 g/mol. The monoisotopic (exact) mass is 101 g/mol. The summed E-state index contributed by atoms with van der Waals surface area (Å²) in [4.78, 5) is 3.86. The molecule has 0 saturated carbocycles. The smallest absolute Gasteiger partial charge is 0.222 e. The van der Waals surface area contributed by atoms with Gasteiger partial charge in [-0.05, 0) is 6.04 Å². The Morgan fingerprint density at radius 2 is 2.83 bits per heavy atom. The Morgan fingerprint density at radius 1 is 1.83 bits per heavy atom. The standard InChI is InChI=1S/C3H7NOSi/c1-2-6-5-3-4-1/h3H,1-2,6H2. The van der Waals surface area contributed by atoms with Gasteiger partial charge in [0.2, 0.25) is 9.76 Å². The molecule has 0 aromatic heterocycles. The Bertz CT molecular complexity index is 55.8. The first kappa shape index (κ1) is 3.86. The minimum absolute atomic E-state index is 0.141. The largest absolute Gasteiger partial charge is 0.542 e. The first-order chi connectivity index (χ1) is 3.00. The SMILES string of the molecule is C1=NCC[SiH2]O1. The van der Waals surface area contributed by atoms with Crippen LogP contribution in [0.1, 0.15) is 0 Å². The third-order valence-corrected chi connectivity index (χ3v) is 1.69. The van der Waals surface area contributed by atoms with E-state index < -0.39 is 0 Å². The lowest BCUT2D eigenvalue weighted by atomic mass is 10.8. The van der Waals surface area contributed by atoms with Gasteiger partial charge in [0.05, 0.1) is 0 Å². The first-order valence-electron chi connectivity index (χ1n) is 2.10. The molecule has 0 spiro atoms. The van der Waals surface area contributed by atoms with Crippen molar-refractivity contribution in [3.63, 3.8) is 0 Å². The highest BCUT2D eigenvalue weighted by Crippen LogP contribution is 1.85. The van der Waals surface area contributed by atoms with Gasteiger partial charge in [0.15, 0.2) is 6.40 Å². The number of nitrogens with zero attached hydrogens (tertiary/aromatic N) is 1. The Kier molecular flexibility index (Phi) is 1.27. The molecule has 0 amide bonds. The summed E-state index contributed by atoms with van der Waals surface area (Å²) in [6.45, 7) is 1.01. The van der Waals surface area contributed by atoms with Crippen LogP contribution in [-0.4, -0.2) is 22.7 Å². The second-order valence-electron chi connectivity index (χ2n) is 1.24. The lowest BCUT2D eigenvalue weighted by Gasteiger charge is -2.00. The topological polar surface area (TPSA) is 21.6 Å². The summed E-state index contributed by atoms with van der Waals surface area (Å²) < 4.78 is 4.92. The van der Waals surface area contributed by atoms with Crippen molar-refractivity contribution in [2.45, 2.75) is 6.04 Å². The van der Waals surface area contributed by atoms with Crippen molar-refractivity contribution < 1.29 is 4.43 Å². The van der Waals surface area contributed by atoms with Gasteiger partial charge in [-0.2, -0.15) is 0 Å². The van der Waals surface area contributed by atoms with Crippen LogP contribution in [0.3, 0.4) is 0 Å².